The zero-order chi connectivity index (χ0) is 41.4. The summed E-state index contributed by atoms with van der Waals surface area (Å²) in [6.45, 7) is 3.93. The van der Waals surface area contributed by atoms with Gasteiger partial charge in [0.25, 0.3) is 31.9 Å². The highest BCUT2D eigenvalue weighted by molar-refractivity contribution is 8.00. The fourth-order valence-electron chi connectivity index (χ4n) is 5.90. The molecule has 4 aromatic carbocycles. The summed E-state index contributed by atoms with van der Waals surface area (Å²) < 4.78 is 94.9. The average molecular weight is 827 g/mol. The van der Waals surface area contributed by atoms with Gasteiger partial charge in [0.1, 0.15) is 27.0 Å². The van der Waals surface area contributed by atoms with E-state index < -0.39 is 44.0 Å². The second kappa shape index (κ2) is 18.1. The molecule has 6 rings (SSSR count). The van der Waals surface area contributed by atoms with Gasteiger partial charge in [0, 0.05) is 24.5 Å². The second-order valence-corrected chi connectivity index (χ2v) is 16.4. The van der Waals surface area contributed by atoms with Crippen LogP contribution in [0.25, 0.3) is 9.81 Å². The molecule has 0 aromatic heterocycles. The van der Waals surface area contributed by atoms with Gasteiger partial charge in [0.2, 0.25) is 0 Å². The van der Waals surface area contributed by atoms with Crippen molar-refractivity contribution in [3.63, 3.8) is 0 Å². The first-order chi connectivity index (χ1) is 27.1. The lowest BCUT2D eigenvalue weighted by atomic mass is 10.1. The zero-order valence-corrected chi connectivity index (χ0v) is 32.6. The highest BCUT2D eigenvalue weighted by Gasteiger charge is 2.45. The Bertz CT molecular complexity index is 2340. The van der Waals surface area contributed by atoms with Gasteiger partial charge in [-0.05, 0) is 65.9 Å². The summed E-state index contributed by atoms with van der Waals surface area (Å²) in [5.41, 5.74) is 2.26. The molecule has 2 heterocycles. The molecule has 0 aliphatic carbocycles. The maximum absolute atomic E-state index is 13.1. The van der Waals surface area contributed by atoms with Gasteiger partial charge in [-0.3, -0.25) is 9.59 Å². The smallest absolute Gasteiger partial charge is 0.406 e. The van der Waals surface area contributed by atoms with E-state index in [-0.39, 0.29) is 46.6 Å². The number of aliphatic hydroxyl groups is 1. The third kappa shape index (κ3) is 9.84. The van der Waals surface area contributed by atoms with Crippen LogP contribution in [-0.4, -0.2) is 61.8 Å². The number of alkyl halides is 3. The summed E-state index contributed by atoms with van der Waals surface area (Å²) in [4.78, 5) is 25.7. The van der Waals surface area contributed by atoms with Crippen molar-refractivity contribution < 1.29 is 49.4 Å². The third-order valence-electron chi connectivity index (χ3n) is 8.70. The number of benzene rings is 4. The van der Waals surface area contributed by atoms with Crippen LogP contribution < -0.4 is 15.4 Å². The molecule has 12 nitrogen and oxygen atoms in total. The fraction of sp³-hybridized carbons (Fsp3) is 0.250. The number of carbonyl (C=O) groups excluding carboxylic acids is 2. The van der Waals surface area contributed by atoms with Crippen molar-refractivity contribution in [2.24, 2.45) is 0 Å². The minimum absolute atomic E-state index is 0.00422. The van der Waals surface area contributed by atoms with Crippen LogP contribution in [0.4, 0.5) is 24.5 Å². The first-order valence-electron chi connectivity index (χ1n) is 18.0. The van der Waals surface area contributed by atoms with E-state index in [1.54, 1.807) is 84.9 Å². The summed E-state index contributed by atoms with van der Waals surface area (Å²) in [7, 11) is -8.00. The highest BCUT2D eigenvalue weighted by atomic mass is 32.2. The van der Waals surface area contributed by atoms with E-state index in [0.29, 0.717) is 36.1 Å². The average Bonchev–Trinajstić information content (AvgIpc) is 3.49. The van der Waals surface area contributed by atoms with Crippen LogP contribution in [0.5, 0.6) is 5.75 Å². The lowest BCUT2D eigenvalue weighted by molar-refractivity contribution is -0.274. The third-order valence-corrected chi connectivity index (χ3v) is 12.5. The van der Waals surface area contributed by atoms with E-state index in [1.165, 1.54) is 12.1 Å². The minimum Gasteiger partial charge on any atom is -0.406 e. The van der Waals surface area contributed by atoms with Gasteiger partial charge >= 0.3 is 6.36 Å². The second-order valence-electron chi connectivity index (χ2n) is 12.8. The van der Waals surface area contributed by atoms with Crippen molar-refractivity contribution in [3.05, 3.63) is 137 Å². The molecule has 0 bridgehead atoms. The molecule has 4 aromatic rings. The number of nitrogens with zero attached hydrogens (tertiary/aromatic N) is 2. The highest BCUT2D eigenvalue weighted by Crippen LogP contribution is 2.38. The number of carbonyl (C=O) groups is 2. The molecule has 2 amide bonds. The maximum atomic E-state index is 13.1. The molecule has 3 N–H and O–H groups in total. The molecule has 0 spiro atoms. The fourth-order valence-corrected chi connectivity index (χ4v) is 9.35. The molecule has 0 saturated carbocycles. The maximum Gasteiger partial charge on any atom is 0.573 e. The van der Waals surface area contributed by atoms with E-state index >= 15 is 0 Å². The number of aliphatic hydroxyl groups excluding tert-OH is 1. The van der Waals surface area contributed by atoms with Crippen molar-refractivity contribution >= 4 is 53.0 Å². The quantitative estimate of drug-likeness (QED) is 0.118. The normalized spacial score (nSPS) is 16.1. The summed E-state index contributed by atoms with van der Waals surface area (Å²) in [6.07, 6.45) is -2.24. The van der Waals surface area contributed by atoms with Crippen LogP contribution >= 0.6 is 0 Å². The number of nitrogens with one attached hydrogen (secondary N) is 2. The Kier molecular flexibility index (Phi) is 13.5. The number of sulfonamides is 2. The van der Waals surface area contributed by atoms with Gasteiger partial charge in [-0.2, -0.15) is 0 Å². The predicted molar refractivity (Wildman–Crippen MR) is 211 cm³/mol. The monoisotopic (exact) mass is 826 g/mol. The molecule has 2 aliphatic heterocycles. The first-order valence-corrected chi connectivity index (χ1v) is 20.8. The largest absolute Gasteiger partial charge is 0.573 e. The Morgan fingerprint density at radius 2 is 1.00 bits per heavy atom. The number of amides is 2. The van der Waals surface area contributed by atoms with Gasteiger partial charge in [0.05, 0.1) is 6.61 Å². The number of unbranched alkanes of at least 4 members (excludes halogenated alkanes) is 2. The van der Waals surface area contributed by atoms with Crippen LogP contribution in [0, 0.1) is 0 Å². The number of halogens is 3. The molecule has 0 unspecified atom stereocenters. The van der Waals surface area contributed by atoms with Crippen LogP contribution in [0.2, 0.25) is 0 Å². The standard InChI is InChI=1S/C20H19F3N2O4S.C20H22N2O4S/c1-2-3-13-25-19(26)17(18(30(25,27)28)14-7-5-4-6-8-14)24-15-9-11-16(12-10-15)29-20(21,22)23;1-2-3-13-22-20(24)18(21-17-11-9-15(14-23)10-12-17)19(27(22,25)26)16-7-5-4-6-8-16/h4-12,24H,2-3,13H2,1H3;4-12,21,23H,2-3,13-14H2,1H3. The van der Waals surface area contributed by atoms with Crippen molar-refractivity contribution in [1.82, 2.24) is 8.61 Å². The molecule has 57 heavy (non-hydrogen) atoms. The molecule has 302 valence electrons. The van der Waals surface area contributed by atoms with Crippen molar-refractivity contribution in [2.45, 2.75) is 52.5 Å². The Morgan fingerprint density at radius 1 is 0.614 bits per heavy atom. The number of rotatable bonds is 14. The summed E-state index contributed by atoms with van der Waals surface area (Å²) in [6, 6.07) is 28.3. The summed E-state index contributed by atoms with van der Waals surface area (Å²) >= 11 is 0. The predicted octanol–water partition coefficient (Wildman–Crippen LogP) is 7.27. The zero-order valence-electron chi connectivity index (χ0n) is 31.0. The lowest BCUT2D eigenvalue weighted by Gasteiger charge is -2.16. The van der Waals surface area contributed by atoms with Gasteiger partial charge < -0.3 is 20.5 Å². The summed E-state index contributed by atoms with van der Waals surface area (Å²) in [5.74, 6) is -1.69. The Balaban J connectivity index is 0.000000219. The number of ether oxygens (including phenoxy) is 1. The number of hydrogen-bond donors (Lipinski definition) is 3. The molecule has 2 aliphatic rings. The topological polar surface area (TPSA) is 162 Å². The Hall–Kier alpha value is -5.65. The number of anilines is 2. The first kappa shape index (κ1) is 42.5. The molecule has 0 atom stereocenters. The molecule has 17 heteroatoms. The SMILES string of the molecule is CCCCN1C(=O)C(Nc2ccc(CO)cc2)=C(c2ccccc2)S1(=O)=O.CCCCN1C(=O)C(Nc2ccc(OC(F)(F)F)cc2)=C(c2ccccc2)S1(=O)=O. The lowest BCUT2D eigenvalue weighted by Crippen LogP contribution is -2.33. The molecular formula is C40H41F3N4O8S2. The van der Waals surface area contributed by atoms with Crippen LogP contribution in [-0.2, 0) is 36.2 Å². The minimum atomic E-state index is -4.83. The van der Waals surface area contributed by atoms with Crippen molar-refractivity contribution in [3.8, 4) is 5.75 Å². The van der Waals surface area contributed by atoms with Gasteiger partial charge in [-0.25, -0.2) is 25.4 Å². The van der Waals surface area contributed by atoms with Crippen LogP contribution in [0.3, 0.4) is 0 Å². The Labute approximate surface area is 329 Å². The van der Waals surface area contributed by atoms with E-state index in [4.69, 9.17) is 5.11 Å². The van der Waals surface area contributed by atoms with E-state index in [9.17, 15) is 39.6 Å². The van der Waals surface area contributed by atoms with Crippen LogP contribution in [0.15, 0.2) is 121 Å². The molecule has 0 saturated heterocycles. The van der Waals surface area contributed by atoms with Gasteiger partial charge in [0.15, 0.2) is 0 Å². The molecule has 0 radical (unpaired) electrons. The van der Waals surface area contributed by atoms with Crippen molar-refractivity contribution in [2.75, 3.05) is 23.7 Å². The summed E-state index contributed by atoms with van der Waals surface area (Å²) in [5, 5.41) is 14.9. The molecule has 0 fully saturated rings. The van der Waals surface area contributed by atoms with Gasteiger partial charge in [-0.15, -0.1) is 13.2 Å². The van der Waals surface area contributed by atoms with E-state index in [0.717, 1.165) is 32.7 Å². The van der Waals surface area contributed by atoms with Gasteiger partial charge in [-0.1, -0.05) is 99.5 Å². The Morgan fingerprint density at radius 3 is 1.35 bits per heavy atom. The number of hydrogen-bond acceptors (Lipinski definition) is 10. The van der Waals surface area contributed by atoms with Crippen molar-refractivity contribution in [1.29, 1.82) is 0 Å². The molecular weight excluding hydrogens is 786 g/mol. The van der Waals surface area contributed by atoms with E-state index in [2.05, 4.69) is 15.4 Å². The van der Waals surface area contributed by atoms with E-state index in [1.807, 2.05) is 13.8 Å². The van der Waals surface area contributed by atoms with Crippen LogP contribution in [0.1, 0.15) is 56.2 Å².